The van der Waals surface area contributed by atoms with Crippen molar-refractivity contribution in [1.82, 2.24) is 4.90 Å². The molecule has 0 aliphatic carbocycles. The van der Waals surface area contributed by atoms with Crippen LogP contribution in [0, 0.1) is 11.8 Å². The molecule has 1 amide bonds. The van der Waals surface area contributed by atoms with E-state index in [9.17, 15) is 4.79 Å². The number of nitrogens with two attached hydrogens (primary N) is 1. The summed E-state index contributed by atoms with van der Waals surface area (Å²) in [6.07, 6.45) is 2.17. The number of rotatable bonds is 2. The van der Waals surface area contributed by atoms with Gasteiger partial charge in [-0.3, -0.25) is 4.79 Å². The number of ether oxygens (including phenoxy) is 1. The van der Waals surface area contributed by atoms with Crippen molar-refractivity contribution >= 4 is 5.91 Å². The topological polar surface area (TPSA) is 55.6 Å². The molecule has 0 bridgehead atoms. The molecule has 0 spiro atoms. The Morgan fingerprint density at radius 3 is 2.85 bits per heavy atom. The van der Waals surface area contributed by atoms with E-state index in [-0.39, 0.29) is 12.0 Å². The van der Waals surface area contributed by atoms with Crippen LogP contribution in [-0.2, 0) is 4.74 Å². The fourth-order valence-electron chi connectivity index (χ4n) is 2.35. The van der Waals surface area contributed by atoms with Gasteiger partial charge in [0.1, 0.15) is 0 Å². The monoisotopic (exact) mass is 272 g/mol. The van der Waals surface area contributed by atoms with Gasteiger partial charge in [0.15, 0.2) is 0 Å². The van der Waals surface area contributed by atoms with E-state index in [4.69, 9.17) is 10.5 Å². The Morgan fingerprint density at radius 1 is 1.45 bits per heavy atom. The Balaban J connectivity index is 2.05. The van der Waals surface area contributed by atoms with Crippen LogP contribution in [0.5, 0.6) is 0 Å². The average Bonchev–Trinajstić information content (AvgIpc) is 2.52. The van der Waals surface area contributed by atoms with E-state index >= 15 is 0 Å². The molecule has 1 atom stereocenters. The van der Waals surface area contributed by atoms with Gasteiger partial charge < -0.3 is 15.4 Å². The van der Waals surface area contributed by atoms with Crippen LogP contribution >= 0.6 is 0 Å². The first kappa shape index (κ1) is 14.6. The third kappa shape index (κ3) is 3.60. The standard InChI is InChI=1S/C16H20N2O2/c1-20-15-5-3-11-18(12-15)16(19)14-8-6-13(7-9-14)4-2-10-17/h6-9,15H,3,5,10-12,17H2,1H3. The van der Waals surface area contributed by atoms with E-state index in [1.54, 1.807) is 7.11 Å². The highest BCUT2D eigenvalue weighted by Gasteiger charge is 2.24. The summed E-state index contributed by atoms with van der Waals surface area (Å²) in [5, 5.41) is 0. The third-order valence-electron chi connectivity index (χ3n) is 3.47. The second-order valence-electron chi connectivity index (χ2n) is 4.83. The molecule has 1 aromatic rings. The zero-order valence-electron chi connectivity index (χ0n) is 11.8. The minimum atomic E-state index is 0.0603. The van der Waals surface area contributed by atoms with Crippen LogP contribution in [0.15, 0.2) is 24.3 Å². The smallest absolute Gasteiger partial charge is 0.253 e. The maximum Gasteiger partial charge on any atom is 0.253 e. The molecule has 1 unspecified atom stereocenters. The van der Waals surface area contributed by atoms with Gasteiger partial charge in [-0.25, -0.2) is 0 Å². The number of amides is 1. The lowest BCUT2D eigenvalue weighted by atomic mass is 10.1. The van der Waals surface area contributed by atoms with Gasteiger partial charge in [0.05, 0.1) is 12.6 Å². The first-order chi connectivity index (χ1) is 9.74. The zero-order valence-corrected chi connectivity index (χ0v) is 11.8. The van der Waals surface area contributed by atoms with Crippen LogP contribution in [0.25, 0.3) is 0 Å². The number of carbonyl (C=O) groups excluding carboxylic acids is 1. The summed E-state index contributed by atoms with van der Waals surface area (Å²) >= 11 is 0. The molecule has 1 heterocycles. The van der Waals surface area contributed by atoms with Crippen LogP contribution in [-0.4, -0.2) is 43.7 Å². The molecule has 4 nitrogen and oxygen atoms in total. The maximum absolute atomic E-state index is 12.4. The Labute approximate surface area is 119 Å². The van der Waals surface area contributed by atoms with Gasteiger partial charge in [0.2, 0.25) is 0 Å². The normalized spacial score (nSPS) is 18.3. The number of hydrogen-bond donors (Lipinski definition) is 1. The molecular formula is C16H20N2O2. The SMILES string of the molecule is COC1CCCN(C(=O)c2ccc(C#CCN)cc2)C1. The second kappa shape index (κ2) is 7.09. The van der Waals surface area contributed by atoms with E-state index in [0.717, 1.165) is 24.9 Å². The first-order valence-corrected chi connectivity index (χ1v) is 6.85. The summed E-state index contributed by atoms with van der Waals surface area (Å²) in [4.78, 5) is 14.3. The number of carbonyl (C=O) groups is 1. The zero-order chi connectivity index (χ0) is 14.4. The average molecular weight is 272 g/mol. The Hall–Kier alpha value is -1.83. The lowest BCUT2D eigenvalue weighted by Crippen LogP contribution is -2.42. The first-order valence-electron chi connectivity index (χ1n) is 6.85. The highest BCUT2D eigenvalue weighted by Crippen LogP contribution is 2.16. The largest absolute Gasteiger partial charge is 0.380 e. The molecule has 1 saturated heterocycles. The molecule has 0 radical (unpaired) electrons. The number of piperidine rings is 1. The van der Waals surface area contributed by atoms with Gasteiger partial charge >= 0.3 is 0 Å². The summed E-state index contributed by atoms with van der Waals surface area (Å²) in [6.45, 7) is 1.81. The minimum absolute atomic E-state index is 0.0603. The summed E-state index contributed by atoms with van der Waals surface area (Å²) in [6, 6.07) is 7.35. The van der Waals surface area contributed by atoms with E-state index in [0.29, 0.717) is 18.7 Å². The molecule has 2 N–H and O–H groups in total. The van der Waals surface area contributed by atoms with Crippen LogP contribution < -0.4 is 5.73 Å². The predicted octanol–water partition coefficient (Wildman–Crippen LogP) is 1.25. The van der Waals surface area contributed by atoms with E-state index in [1.165, 1.54) is 0 Å². The maximum atomic E-state index is 12.4. The predicted molar refractivity (Wildman–Crippen MR) is 78.3 cm³/mol. The van der Waals surface area contributed by atoms with Crippen molar-refractivity contribution in [3.63, 3.8) is 0 Å². The number of benzene rings is 1. The Kier molecular flexibility index (Phi) is 5.16. The molecule has 1 aromatic carbocycles. The Bertz CT molecular complexity index is 514. The number of hydrogen-bond acceptors (Lipinski definition) is 3. The molecule has 2 rings (SSSR count). The third-order valence-corrected chi connectivity index (χ3v) is 3.47. The van der Waals surface area contributed by atoms with Crippen molar-refractivity contribution in [2.24, 2.45) is 5.73 Å². The molecular weight excluding hydrogens is 252 g/mol. The van der Waals surface area contributed by atoms with Crippen molar-refractivity contribution in [3.8, 4) is 11.8 Å². The fraction of sp³-hybridized carbons (Fsp3) is 0.438. The van der Waals surface area contributed by atoms with Crippen molar-refractivity contribution in [2.75, 3.05) is 26.7 Å². The number of likely N-dealkylation sites (tertiary alicyclic amines) is 1. The van der Waals surface area contributed by atoms with Gasteiger partial charge in [0, 0.05) is 31.3 Å². The summed E-state index contributed by atoms with van der Waals surface area (Å²) in [7, 11) is 1.70. The molecule has 0 saturated carbocycles. The molecule has 0 aromatic heterocycles. The molecule has 1 fully saturated rings. The van der Waals surface area contributed by atoms with Crippen molar-refractivity contribution in [3.05, 3.63) is 35.4 Å². The van der Waals surface area contributed by atoms with Gasteiger partial charge in [-0.05, 0) is 37.1 Å². The van der Waals surface area contributed by atoms with Crippen LogP contribution in [0.3, 0.4) is 0 Å². The number of nitrogens with zero attached hydrogens (tertiary/aromatic N) is 1. The molecule has 20 heavy (non-hydrogen) atoms. The van der Waals surface area contributed by atoms with Crippen molar-refractivity contribution in [1.29, 1.82) is 0 Å². The van der Waals surface area contributed by atoms with Crippen LogP contribution in [0.2, 0.25) is 0 Å². The van der Waals surface area contributed by atoms with E-state index in [2.05, 4.69) is 11.8 Å². The van der Waals surface area contributed by atoms with Gasteiger partial charge in [-0.2, -0.15) is 0 Å². The highest BCUT2D eigenvalue weighted by molar-refractivity contribution is 5.94. The fourth-order valence-corrected chi connectivity index (χ4v) is 2.35. The Morgan fingerprint density at radius 2 is 2.20 bits per heavy atom. The van der Waals surface area contributed by atoms with Gasteiger partial charge in [0.25, 0.3) is 5.91 Å². The highest BCUT2D eigenvalue weighted by atomic mass is 16.5. The summed E-state index contributed by atoms with van der Waals surface area (Å²) in [5.74, 6) is 5.80. The van der Waals surface area contributed by atoms with Crippen LogP contribution in [0.4, 0.5) is 0 Å². The van der Waals surface area contributed by atoms with E-state index in [1.807, 2.05) is 29.2 Å². The van der Waals surface area contributed by atoms with Gasteiger partial charge in [-0.15, -0.1) is 0 Å². The van der Waals surface area contributed by atoms with E-state index < -0.39 is 0 Å². The quantitative estimate of drug-likeness (QED) is 0.824. The van der Waals surface area contributed by atoms with Crippen molar-refractivity contribution in [2.45, 2.75) is 18.9 Å². The van der Waals surface area contributed by atoms with Crippen LogP contribution in [0.1, 0.15) is 28.8 Å². The summed E-state index contributed by atoms with van der Waals surface area (Å²) < 4.78 is 5.35. The minimum Gasteiger partial charge on any atom is -0.380 e. The lowest BCUT2D eigenvalue weighted by Gasteiger charge is -2.32. The molecule has 1 aliphatic rings. The van der Waals surface area contributed by atoms with Gasteiger partial charge in [-0.1, -0.05) is 11.8 Å². The summed E-state index contributed by atoms with van der Waals surface area (Å²) in [5.41, 5.74) is 6.90. The van der Waals surface area contributed by atoms with Crippen molar-refractivity contribution < 1.29 is 9.53 Å². The number of methoxy groups -OCH3 is 1. The molecule has 1 aliphatic heterocycles. The molecule has 106 valence electrons. The molecule has 4 heteroatoms. The second-order valence-corrected chi connectivity index (χ2v) is 4.83. The lowest BCUT2D eigenvalue weighted by molar-refractivity contribution is 0.0269.